The molecule has 2 N–H and O–H groups in total. The summed E-state index contributed by atoms with van der Waals surface area (Å²) >= 11 is 0. The second-order valence-corrected chi connectivity index (χ2v) is 6.47. The van der Waals surface area contributed by atoms with Gasteiger partial charge in [-0.2, -0.15) is 0 Å². The van der Waals surface area contributed by atoms with Crippen molar-refractivity contribution in [1.82, 2.24) is 0 Å². The summed E-state index contributed by atoms with van der Waals surface area (Å²) in [4.78, 5) is 37.6. The highest BCUT2D eigenvalue weighted by atomic mass is 19.1. The minimum absolute atomic E-state index is 0.0239. The summed E-state index contributed by atoms with van der Waals surface area (Å²) in [5, 5.41) is 5.04. The second kappa shape index (κ2) is 8.08. The number of hydrogen-bond acceptors (Lipinski definition) is 4. The van der Waals surface area contributed by atoms with Gasteiger partial charge in [-0.25, -0.2) is 4.39 Å². The molecule has 1 heterocycles. The molecule has 0 bridgehead atoms. The monoisotopic (exact) mass is 385 g/mol. The third kappa shape index (κ3) is 4.28. The summed E-state index contributed by atoms with van der Waals surface area (Å²) in [6, 6.07) is 10.9. The summed E-state index contributed by atoms with van der Waals surface area (Å²) in [5.74, 6) is -1.60. The van der Waals surface area contributed by atoms with Crippen molar-refractivity contribution in [3.05, 3.63) is 48.3 Å². The van der Waals surface area contributed by atoms with Gasteiger partial charge in [0.15, 0.2) is 0 Å². The molecule has 0 spiro atoms. The molecule has 0 unspecified atom stereocenters. The van der Waals surface area contributed by atoms with Crippen LogP contribution in [0.5, 0.6) is 5.75 Å². The predicted molar refractivity (Wildman–Crippen MR) is 103 cm³/mol. The molecule has 0 radical (unpaired) electrons. The first-order valence-corrected chi connectivity index (χ1v) is 8.70. The van der Waals surface area contributed by atoms with E-state index in [1.807, 2.05) is 0 Å². The van der Waals surface area contributed by atoms with Crippen molar-refractivity contribution in [2.75, 3.05) is 29.2 Å². The van der Waals surface area contributed by atoms with E-state index in [4.69, 9.17) is 4.74 Å². The van der Waals surface area contributed by atoms with Gasteiger partial charge in [-0.3, -0.25) is 14.4 Å². The normalized spacial score (nSPS) is 16.0. The summed E-state index contributed by atoms with van der Waals surface area (Å²) in [7, 11) is 1.53. The van der Waals surface area contributed by atoms with Crippen LogP contribution in [0.3, 0.4) is 0 Å². The zero-order chi connectivity index (χ0) is 20.3. The van der Waals surface area contributed by atoms with Gasteiger partial charge in [0.25, 0.3) is 0 Å². The van der Waals surface area contributed by atoms with Gasteiger partial charge in [0, 0.05) is 37.3 Å². The predicted octanol–water partition coefficient (Wildman–Crippen LogP) is 2.78. The quantitative estimate of drug-likeness (QED) is 0.829. The van der Waals surface area contributed by atoms with E-state index in [0.29, 0.717) is 17.1 Å². The van der Waals surface area contributed by atoms with Crippen molar-refractivity contribution in [2.24, 2.45) is 5.92 Å². The highest BCUT2D eigenvalue weighted by Gasteiger charge is 2.35. The molecular formula is C20H20FN3O4. The fourth-order valence-electron chi connectivity index (χ4n) is 3.05. The lowest BCUT2D eigenvalue weighted by Crippen LogP contribution is -2.28. The molecule has 3 rings (SSSR count). The van der Waals surface area contributed by atoms with Crippen LogP contribution >= 0.6 is 0 Å². The van der Waals surface area contributed by atoms with Gasteiger partial charge in [-0.1, -0.05) is 6.07 Å². The molecule has 2 aromatic rings. The average molecular weight is 385 g/mol. The minimum atomic E-state index is -0.628. The number of halogens is 1. The Morgan fingerprint density at radius 1 is 1.18 bits per heavy atom. The lowest BCUT2D eigenvalue weighted by molar-refractivity contribution is -0.122. The van der Waals surface area contributed by atoms with Crippen LogP contribution in [-0.4, -0.2) is 31.4 Å². The molecule has 0 aliphatic carbocycles. The number of methoxy groups -OCH3 is 1. The zero-order valence-electron chi connectivity index (χ0n) is 15.5. The van der Waals surface area contributed by atoms with Crippen LogP contribution in [-0.2, 0) is 14.4 Å². The molecule has 1 aliphatic rings. The molecule has 1 fully saturated rings. The van der Waals surface area contributed by atoms with Crippen LogP contribution < -0.4 is 20.3 Å². The molecule has 3 amide bonds. The summed E-state index contributed by atoms with van der Waals surface area (Å²) in [6.45, 7) is 1.52. The molecule has 1 atom stereocenters. The van der Waals surface area contributed by atoms with Crippen molar-refractivity contribution in [3.8, 4) is 5.75 Å². The summed E-state index contributed by atoms with van der Waals surface area (Å²) in [5.41, 5.74) is 0.951. The summed E-state index contributed by atoms with van der Waals surface area (Å²) in [6.07, 6.45) is 0.0239. The summed E-state index contributed by atoms with van der Waals surface area (Å²) < 4.78 is 19.2. The van der Waals surface area contributed by atoms with Crippen molar-refractivity contribution >= 4 is 34.8 Å². The first-order chi connectivity index (χ1) is 13.4. The third-order valence-corrected chi connectivity index (χ3v) is 4.41. The maximum atomic E-state index is 14.0. The number of benzene rings is 2. The molecular weight excluding hydrogens is 365 g/mol. The Morgan fingerprint density at radius 3 is 2.68 bits per heavy atom. The van der Waals surface area contributed by atoms with Crippen LogP contribution in [0.1, 0.15) is 13.3 Å². The van der Waals surface area contributed by atoms with Crippen LogP contribution in [0, 0.1) is 11.7 Å². The van der Waals surface area contributed by atoms with E-state index in [1.54, 1.807) is 24.3 Å². The van der Waals surface area contributed by atoms with E-state index in [2.05, 4.69) is 10.6 Å². The van der Waals surface area contributed by atoms with Gasteiger partial charge in [-0.05, 0) is 30.3 Å². The number of carbonyl (C=O) groups is 3. The Hall–Kier alpha value is -3.42. The number of hydrogen-bond donors (Lipinski definition) is 2. The average Bonchev–Trinajstić information content (AvgIpc) is 3.06. The van der Waals surface area contributed by atoms with Gasteiger partial charge < -0.3 is 20.3 Å². The van der Waals surface area contributed by atoms with Crippen molar-refractivity contribution < 1.29 is 23.5 Å². The molecule has 0 saturated carbocycles. The first kappa shape index (κ1) is 19.3. The topological polar surface area (TPSA) is 87.7 Å². The Balaban J connectivity index is 1.72. The highest BCUT2D eigenvalue weighted by molar-refractivity contribution is 6.04. The number of carbonyl (C=O) groups excluding carboxylic acids is 3. The van der Waals surface area contributed by atoms with Crippen molar-refractivity contribution in [3.63, 3.8) is 0 Å². The maximum absolute atomic E-state index is 14.0. The van der Waals surface area contributed by atoms with E-state index < -0.39 is 17.6 Å². The number of amides is 3. The number of anilines is 3. The van der Waals surface area contributed by atoms with Crippen molar-refractivity contribution in [1.29, 1.82) is 0 Å². The molecule has 146 valence electrons. The SMILES string of the molecule is COc1cccc(N2C[C@H](C(=O)Nc3cc(NC(C)=O)ccc3F)CC2=O)c1. The first-order valence-electron chi connectivity index (χ1n) is 8.70. The van der Waals surface area contributed by atoms with Gasteiger partial charge in [-0.15, -0.1) is 0 Å². The van der Waals surface area contributed by atoms with Crippen LogP contribution in [0.2, 0.25) is 0 Å². The number of nitrogens with one attached hydrogen (secondary N) is 2. The largest absolute Gasteiger partial charge is 0.497 e. The van der Waals surface area contributed by atoms with E-state index in [9.17, 15) is 18.8 Å². The van der Waals surface area contributed by atoms with Crippen LogP contribution in [0.4, 0.5) is 21.5 Å². The Bertz CT molecular complexity index is 931. The Morgan fingerprint density at radius 2 is 1.96 bits per heavy atom. The molecule has 2 aromatic carbocycles. The van der Waals surface area contributed by atoms with E-state index in [1.165, 1.54) is 31.1 Å². The van der Waals surface area contributed by atoms with E-state index >= 15 is 0 Å². The van der Waals surface area contributed by atoms with Gasteiger partial charge in [0.1, 0.15) is 11.6 Å². The molecule has 1 saturated heterocycles. The standard InChI is InChI=1S/C20H20FN3O4/c1-12(25)22-14-6-7-17(21)18(9-14)23-20(27)13-8-19(26)24(11-13)15-4-3-5-16(10-15)28-2/h3-7,9-10,13H,8,11H2,1-2H3,(H,22,25)(H,23,27)/t13-/m1/s1. The van der Waals surface area contributed by atoms with E-state index in [0.717, 1.165) is 6.07 Å². The Kier molecular flexibility index (Phi) is 5.58. The fourth-order valence-corrected chi connectivity index (χ4v) is 3.05. The maximum Gasteiger partial charge on any atom is 0.229 e. The molecule has 7 nitrogen and oxygen atoms in total. The number of nitrogens with zero attached hydrogens (tertiary/aromatic N) is 1. The fraction of sp³-hybridized carbons (Fsp3) is 0.250. The number of ether oxygens (including phenoxy) is 1. The molecule has 0 aromatic heterocycles. The zero-order valence-corrected chi connectivity index (χ0v) is 15.5. The number of rotatable bonds is 5. The minimum Gasteiger partial charge on any atom is -0.497 e. The second-order valence-electron chi connectivity index (χ2n) is 6.47. The molecule has 8 heteroatoms. The highest BCUT2D eigenvalue weighted by Crippen LogP contribution is 2.29. The third-order valence-electron chi connectivity index (χ3n) is 4.41. The smallest absolute Gasteiger partial charge is 0.229 e. The van der Waals surface area contributed by atoms with Gasteiger partial charge in [0.05, 0.1) is 18.7 Å². The Labute approximate surface area is 161 Å². The van der Waals surface area contributed by atoms with Gasteiger partial charge in [0.2, 0.25) is 17.7 Å². The van der Waals surface area contributed by atoms with E-state index in [-0.39, 0.29) is 30.5 Å². The van der Waals surface area contributed by atoms with Crippen molar-refractivity contribution in [2.45, 2.75) is 13.3 Å². The lowest BCUT2D eigenvalue weighted by atomic mass is 10.1. The lowest BCUT2D eigenvalue weighted by Gasteiger charge is -2.17. The van der Waals surface area contributed by atoms with Gasteiger partial charge >= 0.3 is 0 Å². The van der Waals surface area contributed by atoms with Crippen LogP contribution in [0.15, 0.2) is 42.5 Å². The van der Waals surface area contributed by atoms with Crippen LogP contribution in [0.25, 0.3) is 0 Å². The molecule has 28 heavy (non-hydrogen) atoms. The molecule has 1 aliphatic heterocycles.